The lowest BCUT2D eigenvalue weighted by atomic mass is 9.97. The van der Waals surface area contributed by atoms with Gasteiger partial charge in [0.05, 0.1) is 17.7 Å². The summed E-state index contributed by atoms with van der Waals surface area (Å²) in [5, 5.41) is 10.1. The molecule has 2 heterocycles. The van der Waals surface area contributed by atoms with Gasteiger partial charge in [-0.1, -0.05) is 52.7 Å². The molecule has 0 spiro atoms. The van der Waals surface area contributed by atoms with Gasteiger partial charge in [0, 0.05) is 16.7 Å². The highest BCUT2D eigenvalue weighted by Crippen LogP contribution is 2.31. The Morgan fingerprint density at radius 2 is 1.74 bits per heavy atom. The fourth-order valence-corrected chi connectivity index (χ4v) is 4.92. The molecule has 3 aromatic rings. The van der Waals surface area contributed by atoms with E-state index in [0.29, 0.717) is 22.0 Å². The Balaban J connectivity index is 2.15. The van der Waals surface area contributed by atoms with Crippen LogP contribution in [0, 0.1) is 5.92 Å². The molecular formula is C26H33N3O4S. The van der Waals surface area contributed by atoms with Crippen molar-refractivity contribution >= 4 is 39.0 Å². The summed E-state index contributed by atoms with van der Waals surface area (Å²) < 4.78 is 6.43. The van der Waals surface area contributed by atoms with Crippen LogP contribution in [0.2, 0.25) is 0 Å². The van der Waals surface area contributed by atoms with E-state index < -0.39 is 5.97 Å². The summed E-state index contributed by atoms with van der Waals surface area (Å²) in [5.41, 5.74) is 1.34. The summed E-state index contributed by atoms with van der Waals surface area (Å²) in [6.07, 6.45) is 3.37. The van der Waals surface area contributed by atoms with E-state index in [2.05, 4.69) is 38.1 Å². The lowest BCUT2D eigenvalue weighted by Crippen LogP contribution is -2.27. The Kier molecular flexibility index (Phi) is 8.61. The number of carbonyl (C=O) groups is 2. The van der Waals surface area contributed by atoms with Crippen LogP contribution in [0.3, 0.4) is 0 Å². The zero-order valence-electron chi connectivity index (χ0n) is 20.5. The number of thiophene rings is 1. The molecule has 0 aliphatic carbocycles. The molecule has 1 N–H and O–H groups in total. The summed E-state index contributed by atoms with van der Waals surface area (Å²) in [7, 11) is 0. The van der Waals surface area contributed by atoms with E-state index in [1.807, 2.05) is 24.3 Å². The monoisotopic (exact) mass is 483 g/mol. The first-order chi connectivity index (χ1) is 16.3. The molecule has 0 radical (unpaired) electrons. The van der Waals surface area contributed by atoms with Crippen LogP contribution < -0.4 is 10.9 Å². The number of nitrogens with one attached hydrogen (secondary N) is 1. The van der Waals surface area contributed by atoms with E-state index in [-0.39, 0.29) is 35.1 Å². The molecule has 1 aromatic carbocycles. The molecule has 0 atom stereocenters. The second-order valence-electron chi connectivity index (χ2n) is 8.65. The Bertz CT molecular complexity index is 1210. The van der Waals surface area contributed by atoms with Gasteiger partial charge in [-0.25, -0.2) is 4.79 Å². The molecule has 0 saturated heterocycles. The van der Waals surface area contributed by atoms with Gasteiger partial charge in [0.2, 0.25) is 5.91 Å². The summed E-state index contributed by atoms with van der Waals surface area (Å²) >= 11 is 1.23. The SMILES string of the molecule is CCCC(CCC)C(=O)Nc1scc2c(C(=O)OCC)nn(-c3ccc(C(C)C)cc3)c(=O)c12. The van der Waals surface area contributed by atoms with Gasteiger partial charge in [0.25, 0.3) is 5.56 Å². The van der Waals surface area contributed by atoms with Crippen molar-refractivity contribution in [3.8, 4) is 5.69 Å². The Hall–Kier alpha value is -3.00. The topological polar surface area (TPSA) is 90.3 Å². The van der Waals surface area contributed by atoms with Crippen LogP contribution in [0.15, 0.2) is 34.4 Å². The minimum atomic E-state index is -0.606. The molecule has 2 aromatic heterocycles. The summed E-state index contributed by atoms with van der Waals surface area (Å²) in [4.78, 5) is 39.3. The van der Waals surface area contributed by atoms with Crippen LogP contribution in [0.25, 0.3) is 16.5 Å². The zero-order valence-corrected chi connectivity index (χ0v) is 21.3. The van der Waals surface area contributed by atoms with Crippen molar-refractivity contribution in [3.63, 3.8) is 0 Å². The molecule has 0 bridgehead atoms. The predicted molar refractivity (Wildman–Crippen MR) is 137 cm³/mol. The second-order valence-corrected chi connectivity index (χ2v) is 9.53. The maximum absolute atomic E-state index is 13.6. The summed E-state index contributed by atoms with van der Waals surface area (Å²) in [5.74, 6) is -0.488. The van der Waals surface area contributed by atoms with Gasteiger partial charge < -0.3 is 10.1 Å². The van der Waals surface area contributed by atoms with Gasteiger partial charge in [-0.05, 0) is 43.4 Å². The molecule has 7 nitrogen and oxygen atoms in total. The number of hydrogen-bond donors (Lipinski definition) is 1. The number of carbonyl (C=O) groups excluding carboxylic acids is 2. The van der Waals surface area contributed by atoms with Crippen LogP contribution in [0.1, 0.15) is 82.3 Å². The highest BCUT2D eigenvalue weighted by atomic mass is 32.1. The maximum atomic E-state index is 13.6. The standard InChI is InChI=1S/C26H33N3O4S/c1-6-9-18(10-7-2)23(30)27-24-21-20(15-34-24)22(26(32)33-8-3)28-29(25(21)31)19-13-11-17(12-14-19)16(4)5/h11-16,18H,6-10H2,1-5H3,(H,27,30). The Morgan fingerprint density at radius 1 is 1.09 bits per heavy atom. The van der Waals surface area contributed by atoms with Gasteiger partial charge in [0.1, 0.15) is 5.00 Å². The average Bonchev–Trinajstić information content (AvgIpc) is 3.23. The number of anilines is 1. The molecule has 0 aliphatic heterocycles. The third-order valence-electron chi connectivity index (χ3n) is 5.81. The summed E-state index contributed by atoms with van der Waals surface area (Å²) in [6, 6.07) is 7.51. The van der Waals surface area contributed by atoms with Crippen molar-refractivity contribution in [2.75, 3.05) is 11.9 Å². The van der Waals surface area contributed by atoms with Crippen LogP contribution in [0.5, 0.6) is 0 Å². The van der Waals surface area contributed by atoms with Gasteiger partial charge in [-0.3, -0.25) is 9.59 Å². The van der Waals surface area contributed by atoms with E-state index in [0.717, 1.165) is 31.2 Å². The lowest BCUT2D eigenvalue weighted by Gasteiger charge is -2.15. The number of nitrogens with zero attached hydrogens (tertiary/aromatic N) is 2. The molecule has 0 saturated carbocycles. The average molecular weight is 484 g/mol. The summed E-state index contributed by atoms with van der Waals surface area (Å²) in [6.45, 7) is 10.2. The highest BCUT2D eigenvalue weighted by molar-refractivity contribution is 7.16. The molecule has 0 unspecified atom stereocenters. The Labute approximate surface area is 204 Å². The van der Waals surface area contributed by atoms with Gasteiger partial charge in [0.15, 0.2) is 5.69 Å². The minimum Gasteiger partial charge on any atom is -0.461 e. The van der Waals surface area contributed by atoms with Crippen molar-refractivity contribution in [1.82, 2.24) is 9.78 Å². The number of esters is 1. The second kappa shape index (κ2) is 11.4. The molecule has 0 aliphatic rings. The van der Waals surface area contributed by atoms with Crippen molar-refractivity contribution in [2.45, 2.75) is 66.2 Å². The number of ether oxygens (including phenoxy) is 1. The molecule has 0 fully saturated rings. The van der Waals surface area contributed by atoms with Crippen molar-refractivity contribution in [2.24, 2.45) is 5.92 Å². The fraction of sp³-hybridized carbons (Fsp3) is 0.462. The van der Waals surface area contributed by atoms with Gasteiger partial charge >= 0.3 is 5.97 Å². The first kappa shape index (κ1) is 25.6. The van der Waals surface area contributed by atoms with Crippen molar-refractivity contribution < 1.29 is 14.3 Å². The lowest BCUT2D eigenvalue weighted by molar-refractivity contribution is -0.120. The number of benzene rings is 1. The van der Waals surface area contributed by atoms with E-state index in [1.165, 1.54) is 16.0 Å². The first-order valence-corrected chi connectivity index (χ1v) is 12.8. The van der Waals surface area contributed by atoms with E-state index in [4.69, 9.17) is 4.74 Å². The first-order valence-electron chi connectivity index (χ1n) is 11.9. The fourth-order valence-electron chi connectivity index (χ4n) is 3.98. The molecule has 3 rings (SSSR count). The zero-order chi connectivity index (χ0) is 24.8. The van der Waals surface area contributed by atoms with Crippen LogP contribution in [-0.4, -0.2) is 28.3 Å². The third-order valence-corrected chi connectivity index (χ3v) is 6.70. The normalized spacial score (nSPS) is 11.4. The van der Waals surface area contributed by atoms with Crippen LogP contribution in [0.4, 0.5) is 5.00 Å². The third kappa shape index (κ3) is 5.38. The molecule has 8 heteroatoms. The van der Waals surface area contributed by atoms with E-state index >= 15 is 0 Å². The van der Waals surface area contributed by atoms with Crippen LogP contribution >= 0.6 is 11.3 Å². The number of hydrogen-bond acceptors (Lipinski definition) is 6. The van der Waals surface area contributed by atoms with E-state index in [9.17, 15) is 14.4 Å². The Morgan fingerprint density at radius 3 is 2.29 bits per heavy atom. The maximum Gasteiger partial charge on any atom is 0.359 e. The number of rotatable bonds is 10. The number of aromatic nitrogens is 2. The molecular weight excluding hydrogens is 450 g/mol. The predicted octanol–water partition coefficient (Wildman–Crippen LogP) is 5.90. The molecule has 1 amide bonds. The number of fused-ring (bicyclic) bond motifs is 1. The number of amides is 1. The van der Waals surface area contributed by atoms with Crippen molar-refractivity contribution in [3.05, 3.63) is 51.3 Å². The van der Waals surface area contributed by atoms with Gasteiger partial charge in [-0.2, -0.15) is 9.78 Å². The smallest absolute Gasteiger partial charge is 0.359 e. The molecule has 182 valence electrons. The largest absolute Gasteiger partial charge is 0.461 e. The van der Waals surface area contributed by atoms with Crippen molar-refractivity contribution in [1.29, 1.82) is 0 Å². The quantitative estimate of drug-likeness (QED) is 0.363. The molecule has 34 heavy (non-hydrogen) atoms. The van der Waals surface area contributed by atoms with E-state index in [1.54, 1.807) is 12.3 Å². The highest BCUT2D eigenvalue weighted by Gasteiger charge is 2.25. The van der Waals surface area contributed by atoms with Gasteiger partial charge in [-0.15, -0.1) is 11.3 Å². The minimum absolute atomic E-state index is 0.0554. The van der Waals surface area contributed by atoms with Crippen LogP contribution in [-0.2, 0) is 9.53 Å².